The van der Waals surface area contributed by atoms with E-state index in [9.17, 15) is 15.2 Å². The average molecular weight is 445 g/mol. The van der Waals surface area contributed by atoms with E-state index in [1.54, 1.807) is 36.4 Å². The van der Waals surface area contributed by atoms with Crippen LogP contribution in [0.4, 0.5) is 17.1 Å². The van der Waals surface area contributed by atoms with Gasteiger partial charge in [-0.3, -0.25) is 10.1 Å². The summed E-state index contributed by atoms with van der Waals surface area (Å²) >= 11 is 11.4. The summed E-state index contributed by atoms with van der Waals surface area (Å²) in [5, 5.41) is 31.1. The first-order valence-corrected chi connectivity index (χ1v) is 9.92. The molecule has 0 aliphatic carbocycles. The van der Waals surface area contributed by atoms with Gasteiger partial charge < -0.3 is 19.9 Å². The van der Waals surface area contributed by atoms with E-state index < -0.39 is 0 Å². The van der Waals surface area contributed by atoms with Crippen molar-refractivity contribution < 1.29 is 10.0 Å². The van der Waals surface area contributed by atoms with E-state index in [4.69, 9.17) is 23.8 Å². The van der Waals surface area contributed by atoms with Gasteiger partial charge in [-0.25, -0.2) is 0 Å². The molecule has 30 heavy (non-hydrogen) atoms. The van der Waals surface area contributed by atoms with Crippen LogP contribution in [-0.2, 0) is 0 Å². The number of hydrogen-bond donors (Lipinski definition) is 2. The molecule has 3 aromatic rings. The van der Waals surface area contributed by atoms with Crippen molar-refractivity contribution in [2.75, 3.05) is 31.1 Å². The van der Waals surface area contributed by atoms with Crippen LogP contribution in [-0.4, -0.2) is 51.2 Å². The molecule has 2 aromatic carbocycles. The summed E-state index contributed by atoms with van der Waals surface area (Å²) in [4.78, 5) is 17.5. The van der Waals surface area contributed by atoms with Gasteiger partial charge in [0.15, 0.2) is 5.69 Å². The fraction of sp³-hybridized carbons (Fsp3) is 0.211. The highest BCUT2D eigenvalue weighted by Gasteiger charge is 2.24. The molecule has 0 bridgehead atoms. The number of para-hydroxylation sites is 2. The van der Waals surface area contributed by atoms with E-state index >= 15 is 0 Å². The number of nitro groups is 1. The Balaban J connectivity index is 1.45. The third-order valence-electron chi connectivity index (χ3n) is 4.92. The zero-order chi connectivity index (χ0) is 21.3. The Morgan fingerprint density at radius 1 is 1.20 bits per heavy atom. The maximum absolute atomic E-state index is 11.3. The molecule has 2 N–H and O–H groups in total. The second kappa shape index (κ2) is 8.25. The zero-order valence-corrected chi connectivity index (χ0v) is 17.2. The number of nitro benzene ring substituents is 1. The lowest BCUT2D eigenvalue weighted by atomic mass is 10.2. The van der Waals surface area contributed by atoms with Crippen molar-refractivity contribution in [1.29, 1.82) is 0 Å². The van der Waals surface area contributed by atoms with Gasteiger partial charge in [0.25, 0.3) is 5.69 Å². The van der Waals surface area contributed by atoms with Gasteiger partial charge >= 0.3 is 0 Å². The van der Waals surface area contributed by atoms with Crippen molar-refractivity contribution in [3.8, 4) is 5.88 Å². The largest absolute Gasteiger partial charge is 0.493 e. The smallest absolute Gasteiger partial charge is 0.292 e. The molecule has 154 valence electrons. The molecule has 1 aromatic heterocycles. The summed E-state index contributed by atoms with van der Waals surface area (Å²) in [5.74, 6) is -0.111. The number of hydrogen-bond acceptors (Lipinski definition) is 6. The summed E-state index contributed by atoms with van der Waals surface area (Å²) in [6.07, 6.45) is 0. The number of halogens is 1. The minimum Gasteiger partial charge on any atom is -0.493 e. The molecule has 1 aliphatic rings. The van der Waals surface area contributed by atoms with Crippen molar-refractivity contribution in [3.05, 3.63) is 57.6 Å². The van der Waals surface area contributed by atoms with E-state index in [1.165, 1.54) is 6.07 Å². The van der Waals surface area contributed by atoms with Gasteiger partial charge in [-0.15, -0.1) is 10.2 Å². The minimum atomic E-state index is -0.375. The maximum atomic E-state index is 11.3. The molecule has 0 atom stereocenters. The Bertz CT molecular complexity index is 1160. The molecule has 2 heterocycles. The molecule has 0 spiro atoms. The summed E-state index contributed by atoms with van der Waals surface area (Å²) in [6.45, 7) is 2.23. The molecular weight excluding hydrogens is 428 g/mol. The lowest BCUT2D eigenvalue weighted by Crippen LogP contribution is -2.48. The van der Waals surface area contributed by atoms with E-state index in [2.05, 4.69) is 15.2 Å². The van der Waals surface area contributed by atoms with Crippen LogP contribution in [0.15, 0.2) is 52.7 Å². The number of nitrogens with zero attached hydrogens (tertiary/aromatic N) is 5. The fourth-order valence-electron chi connectivity index (χ4n) is 3.42. The number of H-pyrrole nitrogens is 1. The van der Waals surface area contributed by atoms with Crippen LogP contribution in [0.5, 0.6) is 5.88 Å². The summed E-state index contributed by atoms with van der Waals surface area (Å²) in [7, 11) is 0. The lowest BCUT2D eigenvalue weighted by molar-refractivity contribution is -0.384. The van der Waals surface area contributed by atoms with E-state index in [1.807, 2.05) is 9.80 Å². The van der Waals surface area contributed by atoms with Crippen LogP contribution in [0, 0.1) is 10.1 Å². The van der Waals surface area contributed by atoms with Crippen LogP contribution in [0.3, 0.4) is 0 Å². The van der Waals surface area contributed by atoms with Gasteiger partial charge in [0, 0.05) is 42.7 Å². The average Bonchev–Trinajstić information content (AvgIpc) is 3.06. The van der Waals surface area contributed by atoms with Crippen LogP contribution in [0.25, 0.3) is 10.9 Å². The predicted octanol–water partition coefficient (Wildman–Crippen LogP) is 4.63. The maximum Gasteiger partial charge on any atom is 0.292 e. The lowest BCUT2D eigenvalue weighted by Gasteiger charge is -2.35. The Kier molecular flexibility index (Phi) is 5.51. The van der Waals surface area contributed by atoms with Gasteiger partial charge in [-0.1, -0.05) is 23.7 Å². The molecule has 0 unspecified atom stereocenters. The molecule has 4 rings (SSSR count). The highest BCUT2D eigenvalue weighted by atomic mass is 35.5. The number of fused-ring (bicyclic) bond motifs is 1. The molecule has 0 saturated carbocycles. The van der Waals surface area contributed by atoms with Gasteiger partial charge in [0.2, 0.25) is 11.0 Å². The zero-order valence-electron chi connectivity index (χ0n) is 15.7. The molecule has 0 radical (unpaired) electrons. The number of thiocarbonyl (C=S) groups is 1. The minimum absolute atomic E-state index is 0.0849. The van der Waals surface area contributed by atoms with E-state index in [0.29, 0.717) is 47.8 Å². The van der Waals surface area contributed by atoms with Crippen LogP contribution >= 0.6 is 23.8 Å². The number of aromatic hydroxyl groups is 1. The first-order chi connectivity index (χ1) is 14.4. The van der Waals surface area contributed by atoms with Crippen LogP contribution in [0.1, 0.15) is 0 Å². The highest BCUT2D eigenvalue weighted by Crippen LogP contribution is 2.37. The van der Waals surface area contributed by atoms with Crippen molar-refractivity contribution in [2.24, 2.45) is 10.2 Å². The van der Waals surface area contributed by atoms with Crippen molar-refractivity contribution in [2.45, 2.75) is 0 Å². The number of piperazine rings is 1. The number of aromatic nitrogens is 1. The molecule has 1 saturated heterocycles. The fourth-order valence-corrected chi connectivity index (χ4v) is 3.81. The highest BCUT2D eigenvalue weighted by molar-refractivity contribution is 7.80. The predicted molar refractivity (Wildman–Crippen MR) is 119 cm³/mol. The molecular formula is C19H17ClN6O3S. The Labute approximate surface area is 181 Å². The van der Waals surface area contributed by atoms with Crippen molar-refractivity contribution in [1.82, 2.24) is 9.88 Å². The Morgan fingerprint density at radius 2 is 1.93 bits per heavy atom. The molecule has 0 amide bonds. The summed E-state index contributed by atoms with van der Waals surface area (Å²) < 4.78 is 0. The van der Waals surface area contributed by atoms with Gasteiger partial charge in [0.05, 0.1) is 10.4 Å². The number of nitrogens with one attached hydrogen (secondary N) is 1. The molecule has 1 fully saturated rings. The topological polar surface area (TPSA) is 110 Å². The first-order valence-electron chi connectivity index (χ1n) is 9.13. The quantitative estimate of drug-likeness (QED) is 0.264. The Morgan fingerprint density at radius 3 is 2.67 bits per heavy atom. The number of anilines is 1. The second-order valence-corrected chi connectivity index (χ2v) is 7.52. The third kappa shape index (κ3) is 3.91. The number of azo groups is 1. The Hall–Kier alpha value is -3.24. The SMILES string of the molecule is O=[N+]([O-])c1ccccc1N1CCN(C(=S)N=Nc2c(O)[nH]c3ccc(Cl)cc23)CC1. The van der Waals surface area contributed by atoms with E-state index in [-0.39, 0.29) is 27.3 Å². The number of rotatable bonds is 3. The number of benzene rings is 2. The number of aromatic amines is 1. The second-order valence-electron chi connectivity index (χ2n) is 6.71. The van der Waals surface area contributed by atoms with Crippen molar-refractivity contribution in [3.63, 3.8) is 0 Å². The standard InChI is InChI=1S/C19H17ClN6O3S/c20-12-5-6-14-13(11-12)17(18(27)21-14)22-23-19(30)25-9-7-24(8-10-25)15-3-1-2-4-16(15)26(28)29/h1-6,11,21,27H,7-10H2. The summed E-state index contributed by atoms with van der Waals surface area (Å²) in [5.41, 5.74) is 1.64. The van der Waals surface area contributed by atoms with Gasteiger partial charge in [0.1, 0.15) is 5.69 Å². The normalized spacial score (nSPS) is 14.6. The molecule has 11 heteroatoms. The monoisotopic (exact) mass is 444 g/mol. The van der Waals surface area contributed by atoms with Gasteiger partial charge in [-0.05, 0) is 36.5 Å². The third-order valence-corrected chi connectivity index (χ3v) is 5.49. The summed E-state index contributed by atoms with van der Waals surface area (Å²) in [6, 6.07) is 11.8. The van der Waals surface area contributed by atoms with Crippen LogP contribution in [0.2, 0.25) is 5.02 Å². The molecule has 9 nitrogen and oxygen atoms in total. The van der Waals surface area contributed by atoms with Gasteiger partial charge in [-0.2, -0.15) is 0 Å². The molecule has 1 aliphatic heterocycles. The first kappa shape index (κ1) is 20.0. The van der Waals surface area contributed by atoms with E-state index in [0.717, 1.165) is 0 Å². The van der Waals surface area contributed by atoms with Crippen LogP contribution < -0.4 is 4.90 Å². The van der Waals surface area contributed by atoms with Crippen molar-refractivity contribution >= 4 is 56.9 Å².